The van der Waals surface area contributed by atoms with Crippen LogP contribution in [0.2, 0.25) is 0 Å². The predicted molar refractivity (Wildman–Crippen MR) is 180 cm³/mol. The van der Waals surface area contributed by atoms with Gasteiger partial charge in [-0.05, 0) is 47.9 Å². The van der Waals surface area contributed by atoms with Crippen LogP contribution in [-0.4, -0.2) is 79.0 Å². The zero-order chi connectivity index (χ0) is 31.8. The molecule has 0 fully saturated rings. The molecule has 3 aromatic carbocycles. The second-order valence-corrected chi connectivity index (χ2v) is 10.3. The molecule has 0 saturated carbocycles. The molecule has 1 amide bonds. The van der Waals surface area contributed by atoms with E-state index in [-0.39, 0.29) is 5.91 Å². The first-order valence-electron chi connectivity index (χ1n) is 15.3. The van der Waals surface area contributed by atoms with Gasteiger partial charge in [0.05, 0.1) is 33.5 Å². The average molecular weight is 625 g/mol. The molecule has 0 aliphatic heterocycles. The summed E-state index contributed by atoms with van der Waals surface area (Å²) in [5, 5.41) is 13.8. The van der Waals surface area contributed by atoms with Gasteiger partial charge in [-0.1, -0.05) is 48.5 Å². The highest BCUT2D eigenvalue weighted by Crippen LogP contribution is 2.24. The second kappa shape index (κ2) is 17.3. The van der Waals surface area contributed by atoms with E-state index in [9.17, 15) is 4.79 Å². The summed E-state index contributed by atoms with van der Waals surface area (Å²) in [4.78, 5) is 29.1. The van der Waals surface area contributed by atoms with Crippen molar-refractivity contribution in [3.05, 3.63) is 102 Å². The summed E-state index contributed by atoms with van der Waals surface area (Å²) in [5.41, 5.74) is 3.99. The number of hydrogen-bond acceptors (Lipinski definition) is 10. The molecule has 46 heavy (non-hydrogen) atoms. The molecule has 2 aromatic heterocycles. The summed E-state index contributed by atoms with van der Waals surface area (Å²) in [6, 6.07) is 25.2. The topological polar surface area (TPSA) is 147 Å². The van der Waals surface area contributed by atoms with E-state index < -0.39 is 0 Å². The predicted octanol–water partition coefficient (Wildman–Crippen LogP) is 4.50. The third-order valence-electron chi connectivity index (χ3n) is 7.05. The van der Waals surface area contributed by atoms with Crippen molar-refractivity contribution in [2.24, 2.45) is 0 Å². The van der Waals surface area contributed by atoms with Crippen LogP contribution < -0.4 is 26.0 Å². The monoisotopic (exact) mass is 624 g/mol. The van der Waals surface area contributed by atoms with Gasteiger partial charge in [0.15, 0.2) is 0 Å². The maximum atomic E-state index is 12.1. The molecule has 0 saturated heterocycles. The first-order valence-corrected chi connectivity index (χ1v) is 15.3. The minimum atomic E-state index is -0.114. The van der Waals surface area contributed by atoms with Gasteiger partial charge in [0.1, 0.15) is 5.75 Å². The van der Waals surface area contributed by atoms with Crippen molar-refractivity contribution in [3.8, 4) is 5.75 Å². The number of fused-ring (bicyclic) bond motifs is 1. The molecule has 12 heteroatoms. The van der Waals surface area contributed by atoms with Crippen LogP contribution in [0.3, 0.4) is 0 Å². The summed E-state index contributed by atoms with van der Waals surface area (Å²) < 4.78 is 16.6. The maximum absolute atomic E-state index is 12.1. The van der Waals surface area contributed by atoms with Crippen LogP contribution in [0, 0.1) is 0 Å². The lowest BCUT2D eigenvalue weighted by atomic mass is 10.1. The number of nitrogens with zero attached hydrogens (tertiary/aromatic N) is 3. The number of methoxy groups -OCH3 is 1. The molecule has 2 heterocycles. The van der Waals surface area contributed by atoms with Crippen LogP contribution in [0.15, 0.2) is 85.1 Å². The Bertz CT molecular complexity index is 1650. The van der Waals surface area contributed by atoms with E-state index in [1.54, 1.807) is 19.2 Å². The summed E-state index contributed by atoms with van der Waals surface area (Å²) in [6.07, 6.45) is 2.79. The minimum absolute atomic E-state index is 0.114. The van der Waals surface area contributed by atoms with E-state index in [1.165, 1.54) is 5.56 Å². The number of benzene rings is 3. The van der Waals surface area contributed by atoms with Crippen LogP contribution in [0.25, 0.3) is 10.9 Å². The molecule has 0 spiro atoms. The lowest BCUT2D eigenvalue weighted by molar-refractivity contribution is 0.0519. The Labute approximate surface area is 268 Å². The molecule has 0 unspecified atom stereocenters. The summed E-state index contributed by atoms with van der Waals surface area (Å²) in [7, 11) is 1.67. The zero-order valence-corrected chi connectivity index (χ0v) is 25.9. The lowest BCUT2D eigenvalue weighted by Crippen LogP contribution is -2.27. The molecule has 5 rings (SSSR count). The fraction of sp³-hybridized carbons (Fsp3) is 0.294. The molecular formula is C34H40N8O4. The quantitative estimate of drug-likeness (QED) is 0.0832. The molecule has 5 N–H and O–H groups in total. The number of rotatable bonds is 19. The molecule has 0 aliphatic carbocycles. The number of H-pyrrole nitrogens is 1. The van der Waals surface area contributed by atoms with E-state index in [4.69, 9.17) is 14.2 Å². The van der Waals surface area contributed by atoms with Crippen molar-refractivity contribution in [2.75, 3.05) is 69.1 Å². The van der Waals surface area contributed by atoms with Crippen molar-refractivity contribution >= 4 is 34.7 Å². The molecule has 12 nitrogen and oxygen atoms in total. The third-order valence-corrected chi connectivity index (χ3v) is 7.05. The molecular weight excluding hydrogens is 584 g/mol. The van der Waals surface area contributed by atoms with Gasteiger partial charge in [-0.15, -0.1) is 0 Å². The van der Waals surface area contributed by atoms with Gasteiger partial charge in [0.25, 0.3) is 5.91 Å². The number of ether oxygens (including phenoxy) is 3. The van der Waals surface area contributed by atoms with Crippen molar-refractivity contribution in [2.45, 2.75) is 13.0 Å². The Kier molecular flexibility index (Phi) is 12.1. The number of carbonyl (C=O) groups excluding carboxylic acids is 1. The molecule has 0 atom stereocenters. The van der Waals surface area contributed by atoms with Crippen LogP contribution in [0.4, 0.5) is 17.8 Å². The van der Waals surface area contributed by atoms with Crippen molar-refractivity contribution in [3.63, 3.8) is 0 Å². The van der Waals surface area contributed by atoms with Gasteiger partial charge in [0.2, 0.25) is 17.8 Å². The fourth-order valence-corrected chi connectivity index (χ4v) is 4.68. The van der Waals surface area contributed by atoms with E-state index in [1.807, 2.05) is 72.9 Å². The van der Waals surface area contributed by atoms with E-state index in [0.29, 0.717) is 76.0 Å². The first kappa shape index (κ1) is 32.2. The smallest absolute Gasteiger partial charge is 0.251 e. The largest absolute Gasteiger partial charge is 0.497 e. The van der Waals surface area contributed by atoms with Gasteiger partial charge in [-0.3, -0.25) is 4.79 Å². The van der Waals surface area contributed by atoms with E-state index in [2.05, 4.69) is 41.2 Å². The van der Waals surface area contributed by atoms with E-state index >= 15 is 0 Å². The number of amides is 1. The molecule has 0 aliphatic rings. The van der Waals surface area contributed by atoms with Gasteiger partial charge in [-0.25, -0.2) is 0 Å². The number of aromatic nitrogens is 4. The third kappa shape index (κ3) is 9.91. The molecule has 0 radical (unpaired) electrons. The second-order valence-electron chi connectivity index (χ2n) is 10.3. The first-order chi connectivity index (χ1) is 22.7. The summed E-state index contributed by atoms with van der Waals surface area (Å²) in [6.45, 7) is 3.87. The van der Waals surface area contributed by atoms with Crippen molar-refractivity contribution in [1.29, 1.82) is 0 Å². The average Bonchev–Trinajstić information content (AvgIpc) is 3.50. The highest BCUT2D eigenvalue weighted by molar-refractivity contribution is 5.94. The van der Waals surface area contributed by atoms with Crippen molar-refractivity contribution in [1.82, 2.24) is 25.3 Å². The maximum Gasteiger partial charge on any atom is 0.251 e. The van der Waals surface area contributed by atoms with Gasteiger partial charge in [0, 0.05) is 48.8 Å². The van der Waals surface area contributed by atoms with Gasteiger partial charge in [-0.2, -0.15) is 15.0 Å². The Balaban J connectivity index is 1.06. The summed E-state index contributed by atoms with van der Waals surface area (Å²) in [5.74, 6) is 2.09. The van der Waals surface area contributed by atoms with Gasteiger partial charge < -0.3 is 40.5 Å². The lowest BCUT2D eigenvalue weighted by Gasteiger charge is -2.12. The Morgan fingerprint density at radius 3 is 2.11 bits per heavy atom. The molecule has 5 aromatic rings. The SMILES string of the molecule is COc1ccc2[nH]cc(CCNc3nc(NCCOCCOCCNC(=O)c4ccccc4)nc(NCc4ccccc4)n3)c2c1. The minimum Gasteiger partial charge on any atom is -0.497 e. The molecule has 0 bridgehead atoms. The fourth-order valence-electron chi connectivity index (χ4n) is 4.68. The number of anilines is 3. The standard InChI is InChI=1S/C34H40N8O4/c1-44-28-12-13-30-29(22-28)27(24-38-30)14-15-36-32-40-33(42-34(41-32)39-23-25-8-4-2-5-9-25)37-17-19-46-21-20-45-18-16-35-31(43)26-10-6-3-7-11-26/h2-13,22,24,38H,14-21,23H2,1H3,(H,35,43)(H3,36,37,39,40,41,42). The summed E-state index contributed by atoms with van der Waals surface area (Å²) >= 11 is 0. The van der Waals surface area contributed by atoms with Crippen molar-refractivity contribution < 1.29 is 19.0 Å². The Morgan fingerprint density at radius 2 is 1.39 bits per heavy atom. The number of carbonyl (C=O) groups is 1. The Hall–Kier alpha value is -5.20. The normalized spacial score (nSPS) is 10.9. The molecule has 240 valence electrons. The van der Waals surface area contributed by atoms with Crippen LogP contribution in [0.1, 0.15) is 21.5 Å². The Morgan fingerprint density at radius 1 is 0.739 bits per heavy atom. The van der Waals surface area contributed by atoms with Gasteiger partial charge >= 0.3 is 0 Å². The highest BCUT2D eigenvalue weighted by atomic mass is 16.5. The number of nitrogens with one attached hydrogen (secondary N) is 5. The number of hydrogen-bond donors (Lipinski definition) is 5. The zero-order valence-electron chi connectivity index (χ0n) is 25.9. The van der Waals surface area contributed by atoms with Crippen LogP contribution in [0.5, 0.6) is 5.75 Å². The van der Waals surface area contributed by atoms with Crippen LogP contribution >= 0.6 is 0 Å². The highest BCUT2D eigenvalue weighted by Gasteiger charge is 2.09. The van der Waals surface area contributed by atoms with E-state index in [0.717, 1.165) is 28.6 Å². The van der Waals surface area contributed by atoms with Crippen LogP contribution in [-0.2, 0) is 22.4 Å². The number of aromatic amines is 1.